The number of nitrogens with one attached hydrogen (secondary N) is 1. The first-order chi connectivity index (χ1) is 9.08. The molecule has 0 aromatic heterocycles. The van der Waals surface area contributed by atoms with Gasteiger partial charge in [0.15, 0.2) is 0 Å². The Bertz CT molecular complexity index is 566. The zero-order valence-electron chi connectivity index (χ0n) is 11.1. The van der Waals surface area contributed by atoms with Crippen LogP contribution in [0, 0.1) is 5.82 Å². The standard InChI is InChI=1S/C16H17ClFN/c1-11(2)19-10-13-8-7-12(9-15(13)17)14-5-3-4-6-16(14)18/h3-9,11,19H,10H2,1-2H3. The summed E-state index contributed by atoms with van der Waals surface area (Å²) in [6.45, 7) is 4.89. The van der Waals surface area contributed by atoms with Crippen LogP contribution in [-0.4, -0.2) is 6.04 Å². The molecule has 0 saturated heterocycles. The maximum atomic E-state index is 13.7. The highest BCUT2D eigenvalue weighted by Crippen LogP contribution is 2.27. The highest BCUT2D eigenvalue weighted by atomic mass is 35.5. The van der Waals surface area contributed by atoms with E-state index in [1.54, 1.807) is 12.1 Å². The number of hydrogen-bond donors (Lipinski definition) is 1. The van der Waals surface area contributed by atoms with E-state index < -0.39 is 0 Å². The lowest BCUT2D eigenvalue weighted by Crippen LogP contribution is -2.21. The Kier molecular flexibility index (Phi) is 4.56. The Labute approximate surface area is 118 Å². The first-order valence-electron chi connectivity index (χ1n) is 6.34. The molecule has 100 valence electrons. The highest BCUT2D eigenvalue weighted by Gasteiger charge is 2.07. The SMILES string of the molecule is CC(C)NCc1ccc(-c2ccccc2F)cc1Cl. The van der Waals surface area contributed by atoms with Gasteiger partial charge in [0.25, 0.3) is 0 Å². The van der Waals surface area contributed by atoms with Crippen molar-refractivity contribution in [3.8, 4) is 11.1 Å². The predicted octanol–water partition coefficient (Wildman–Crippen LogP) is 4.64. The zero-order chi connectivity index (χ0) is 13.8. The summed E-state index contributed by atoms with van der Waals surface area (Å²) in [4.78, 5) is 0. The maximum Gasteiger partial charge on any atom is 0.131 e. The number of halogens is 2. The van der Waals surface area contributed by atoms with E-state index in [0.717, 1.165) is 11.1 Å². The molecule has 0 aliphatic heterocycles. The fourth-order valence-electron chi connectivity index (χ4n) is 1.87. The van der Waals surface area contributed by atoms with Crippen LogP contribution in [0.3, 0.4) is 0 Å². The van der Waals surface area contributed by atoms with E-state index in [2.05, 4.69) is 19.2 Å². The molecule has 2 aromatic carbocycles. The second kappa shape index (κ2) is 6.18. The zero-order valence-corrected chi connectivity index (χ0v) is 11.8. The molecule has 2 aromatic rings. The second-order valence-electron chi connectivity index (χ2n) is 4.82. The Morgan fingerprint density at radius 1 is 1.16 bits per heavy atom. The number of benzene rings is 2. The molecule has 0 aliphatic carbocycles. The van der Waals surface area contributed by atoms with Gasteiger partial charge in [-0.2, -0.15) is 0 Å². The quantitative estimate of drug-likeness (QED) is 0.858. The smallest absolute Gasteiger partial charge is 0.131 e. The lowest BCUT2D eigenvalue weighted by molar-refractivity contribution is 0.589. The van der Waals surface area contributed by atoms with Crippen molar-refractivity contribution < 1.29 is 4.39 Å². The van der Waals surface area contributed by atoms with Gasteiger partial charge < -0.3 is 5.32 Å². The topological polar surface area (TPSA) is 12.0 Å². The van der Waals surface area contributed by atoms with Gasteiger partial charge >= 0.3 is 0 Å². The van der Waals surface area contributed by atoms with Crippen LogP contribution in [0.25, 0.3) is 11.1 Å². The van der Waals surface area contributed by atoms with Crippen molar-refractivity contribution >= 4 is 11.6 Å². The molecule has 0 amide bonds. The number of rotatable bonds is 4. The van der Waals surface area contributed by atoms with Crippen LogP contribution >= 0.6 is 11.6 Å². The van der Waals surface area contributed by atoms with E-state index >= 15 is 0 Å². The molecule has 0 unspecified atom stereocenters. The van der Waals surface area contributed by atoms with Gasteiger partial charge in [0.05, 0.1) is 0 Å². The minimum atomic E-state index is -0.230. The fourth-order valence-corrected chi connectivity index (χ4v) is 2.11. The van der Waals surface area contributed by atoms with Crippen molar-refractivity contribution in [1.82, 2.24) is 5.32 Å². The van der Waals surface area contributed by atoms with Gasteiger partial charge in [-0.1, -0.05) is 55.8 Å². The predicted molar refractivity (Wildman–Crippen MR) is 78.8 cm³/mol. The largest absolute Gasteiger partial charge is 0.310 e. The molecule has 0 atom stereocenters. The van der Waals surface area contributed by atoms with Crippen LogP contribution in [0.1, 0.15) is 19.4 Å². The Morgan fingerprint density at radius 2 is 1.89 bits per heavy atom. The van der Waals surface area contributed by atoms with Crippen LogP contribution in [0.2, 0.25) is 5.02 Å². The molecule has 0 bridgehead atoms. The average molecular weight is 278 g/mol. The Morgan fingerprint density at radius 3 is 2.53 bits per heavy atom. The van der Waals surface area contributed by atoms with Gasteiger partial charge in [0, 0.05) is 23.2 Å². The molecule has 0 fully saturated rings. The average Bonchev–Trinajstić information content (AvgIpc) is 2.37. The fraction of sp³-hybridized carbons (Fsp3) is 0.250. The van der Waals surface area contributed by atoms with E-state index in [0.29, 0.717) is 23.2 Å². The summed E-state index contributed by atoms with van der Waals surface area (Å²) in [5, 5.41) is 3.98. The molecule has 2 rings (SSSR count). The minimum Gasteiger partial charge on any atom is -0.310 e. The lowest BCUT2D eigenvalue weighted by Gasteiger charge is -2.11. The van der Waals surface area contributed by atoms with Gasteiger partial charge in [-0.15, -0.1) is 0 Å². The van der Waals surface area contributed by atoms with E-state index in [1.165, 1.54) is 6.07 Å². The van der Waals surface area contributed by atoms with Gasteiger partial charge in [-0.05, 0) is 23.3 Å². The van der Waals surface area contributed by atoms with Crippen LogP contribution in [0.4, 0.5) is 4.39 Å². The normalized spacial score (nSPS) is 11.0. The van der Waals surface area contributed by atoms with Crippen molar-refractivity contribution in [3.63, 3.8) is 0 Å². The van der Waals surface area contributed by atoms with Gasteiger partial charge in [-0.25, -0.2) is 4.39 Å². The van der Waals surface area contributed by atoms with Gasteiger partial charge in [0.1, 0.15) is 5.82 Å². The van der Waals surface area contributed by atoms with Crippen molar-refractivity contribution in [3.05, 3.63) is 58.9 Å². The molecule has 19 heavy (non-hydrogen) atoms. The summed E-state index contributed by atoms with van der Waals surface area (Å²) >= 11 is 6.25. The molecular formula is C16H17ClFN. The molecular weight excluding hydrogens is 261 g/mol. The van der Waals surface area contributed by atoms with Crippen molar-refractivity contribution in [2.24, 2.45) is 0 Å². The molecule has 0 radical (unpaired) electrons. The third-order valence-electron chi connectivity index (χ3n) is 2.94. The van der Waals surface area contributed by atoms with Gasteiger partial charge in [-0.3, -0.25) is 0 Å². The lowest BCUT2D eigenvalue weighted by atomic mass is 10.0. The van der Waals surface area contributed by atoms with E-state index in [4.69, 9.17) is 11.6 Å². The highest BCUT2D eigenvalue weighted by molar-refractivity contribution is 6.31. The van der Waals surface area contributed by atoms with Crippen molar-refractivity contribution in [1.29, 1.82) is 0 Å². The van der Waals surface area contributed by atoms with Crippen LogP contribution in [0.5, 0.6) is 0 Å². The van der Waals surface area contributed by atoms with Crippen molar-refractivity contribution in [2.45, 2.75) is 26.4 Å². The van der Waals surface area contributed by atoms with E-state index in [-0.39, 0.29) is 5.82 Å². The summed E-state index contributed by atoms with van der Waals surface area (Å²) in [7, 11) is 0. The number of hydrogen-bond acceptors (Lipinski definition) is 1. The summed E-state index contributed by atoms with van der Waals surface area (Å²) in [6, 6.07) is 12.8. The third kappa shape index (κ3) is 3.55. The first-order valence-corrected chi connectivity index (χ1v) is 6.72. The first kappa shape index (κ1) is 14.0. The van der Waals surface area contributed by atoms with E-state index in [9.17, 15) is 4.39 Å². The molecule has 0 spiro atoms. The van der Waals surface area contributed by atoms with Crippen LogP contribution < -0.4 is 5.32 Å². The molecule has 3 heteroatoms. The van der Waals surface area contributed by atoms with Gasteiger partial charge in [0.2, 0.25) is 0 Å². The monoisotopic (exact) mass is 277 g/mol. The minimum absolute atomic E-state index is 0.230. The summed E-state index contributed by atoms with van der Waals surface area (Å²) in [5.41, 5.74) is 2.40. The Hall–Kier alpha value is -1.38. The third-order valence-corrected chi connectivity index (χ3v) is 3.29. The second-order valence-corrected chi connectivity index (χ2v) is 5.23. The summed E-state index contributed by atoms with van der Waals surface area (Å²) < 4.78 is 13.7. The molecule has 0 aliphatic rings. The van der Waals surface area contributed by atoms with Crippen LogP contribution in [0.15, 0.2) is 42.5 Å². The Balaban J connectivity index is 2.26. The summed E-state index contributed by atoms with van der Waals surface area (Å²) in [5.74, 6) is -0.230. The molecule has 0 saturated carbocycles. The van der Waals surface area contributed by atoms with E-state index in [1.807, 2.05) is 24.3 Å². The molecule has 1 nitrogen and oxygen atoms in total. The van der Waals surface area contributed by atoms with Crippen LogP contribution in [-0.2, 0) is 6.54 Å². The maximum absolute atomic E-state index is 13.7. The molecule has 1 N–H and O–H groups in total. The summed E-state index contributed by atoms with van der Waals surface area (Å²) in [6.07, 6.45) is 0. The molecule has 0 heterocycles. The van der Waals surface area contributed by atoms with Crippen molar-refractivity contribution in [2.75, 3.05) is 0 Å².